The second-order valence-corrected chi connectivity index (χ2v) is 6.43. The van der Waals surface area contributed by atoms with Crippen LogP contribution in [0.15, 0.2) is 22.7 Å². The zero-order valence-corrected chi connectivity index (χ0v) is 13.3. The minimum Gasteiger partial charge on any atom is -0.324 e. The lowest BCUT2D eigenvalue weighted by atomic mass is 9.93. The first-order valence-corrected chi connectivity index (χ1v) is 7.71. The molecule has 0 saturated heterocycles. The summed E-state index contributed by atoms with van der Waals surface area (Å²) < 4.78 is 16.4. The summed E-state index contributed by atoms with van der Waals surface area (Å²) in [6, 6.07) is 5.74. The molecule has 1 unspecified atom stereocenters. The summed E-state index contributed by atoms with van der Waals surface area (Å²) >= 11 is 3.29. The number of hydrogen-bond donors (Lipinski definition) is 1. The van der Waals surface area contributed by atoms with Gasteiger partial charge in [0.15, 0.2) is 0 Å². The molecule has 1 atom stereocenters. The topological polar surface area (TPSA) is 30.9 Å². The molecule has 1 aromatic carbocycles. The van der Waals surface area contributed by atoms with Gasteiger partial charge in [0.1, 0.15) is 5.82 Å². The van der Waals surface area contributed by atoms with Crippen LogP contribution in [-0.4, -0.2) is 4.57 Å². The van der Waals surface area contributed by atoms with Crippen LogP contribution in [0.3, 0.4) is 0 Å². The van der Waals surface area contributed by atoms with Gasteiger partial charge in [0.2, 0.25) is 0 Å². The minimum atomic E-state index is -0.221. The number of aryl methyl sites for hydroxylation is 2. The third-order valence-electron chi connectivity index (χ3n) is 4.13. The normalized spacial score (nSPS) is 18.1. The average molecular weight is 337 g/mol. The number of halogens is 2. The van der Waals surface area contributed by atoms with Gasteiger partial charge in [-0.15, -0.1) is 0 Å². The SMILES string of the molecule is Cc1cc(F)c(Br)cc1-n1c(C)cc2c1CCCC2N. The predicted molar refractivity (Wildman–Crippen MR) is 82.8 cm³/mol. The Balaban J connectivity index is 2.23. The molecule has 3 rings (SSSR count). The fraction of sp³-hybridized carbons (Fsp3) is 0.375. The van der Waals surface area contributed by atoms with E-state index in [0.717, 1.165) is 36.2 Å². The van der Waals surface area contributed by atoms with Crippen LogP contribution in [0.4, 0.5) is 4.39 Å². The number of benzene rings is 1. The number of rotatable bonds is 1. The monoisotopic (exact) mass is 336 g/mol. The van der Waals surface area contributed by atoms with Crippen LogP contribution in [0, 0.1) is 19.7 Å². The summed E-state index contributed by atoms with van der Waals surface area (Å²) in [6.07, 6.45) is 3.19. The first-order valence-electron chi connectivity index (χ1n) is 6.91. The summed E-state index contributed by atoms with van der Waals surface area (Å²) in [4.78, 5) is 0. The Labute approximate surface area is 126 Å². The van der Waals surface area contributed by atoms with Crippen LogP contribution in [0.25, 0.3) is 5.69 Å². The maximum Gasteiger partial charge on any atom is 0.137 e. The van der Waals surface area contributed by atoms with E-state index in [0.29, 0.717) is 4.47 Å². The van der Waals surface area contributed by atoms with Crippen molar-refractivity contribution in [1.29, 1.82) is 0 Å². The maximum absolute atomic E-state index is 13.6. The zero-order chi connectivity index (χ0) is 14.4. The Kier molecular flexibility index (Phi) is 3.46. The molecule has 2 nitrogen and oxygen atoms in total. The van der Waals surface area contributed by atoms with Gasteiger partial charge in [-0.1, -0.05) is 0 Å². The van der Waals surface area contributed by atoms with Crippen molar-refractivity contribution < 1.29 is 4.39 Å². The first-order chi connectivity index (χ1) is 9.49. The molecule has 2 N–H and O–H groups in total. The average Bonchev–Trinajstić information content (AvgIpc) is 2.72. The van der Waals surface area contributed by atoms with E-state index in [4.69, 9.17) is 5.73 Å². The van der Waals surface area contributed by atoms with Gasteiger partial charge in [-0.25, -0.2) is 4.39 Å². The van der Waals surface area contributed by atoms with E-state index in [2.05, 4.69) is 33.5 Å². The van der Waals surface area contributed by atoms with Crippen LogP contribution >= 0.6 is 15.9 Å². The molecule has 0 amide bonds. The van der Waals surface area contributed by atoms with E-state index in [1.165, 1.54) is 11.3 Å². The van der Waals surface area contributed by atoms with Gasteiger partial charge in [-0.05, 0) is 78.4 Å². The van der Waals surface area contributed by atoms with E-state index < -0.39 is 0 Å². The number of aromatic nitrogens is 1. The van der Waals surface area contributed by atoms with E-state index in [-0.39, 0.29) is 11.9 Å². The van der Waals surface area contributed by atoms with E-state index in [1.54, 1.807) is 6.07 Å². The lowest BCUT2D eigenvalue weighted by Gasteiger charge is -2.22. The molecule has 106 valence electrons. The van der Waals surface area contributed by atoms with Gasteiger partial charge in [-0.2, -0.15) is 0 Å². The van der Waals surface area contributed by atoms with Crippen molar-refractivity contribution in [2.24, 2.45) is 5.73 Å². The molecule has 1 heterocycles. The summed E-state index contributed by atoms with van der Waals surface area (Å²) in [7, 11) is 0. The Morgan fingerprint density at radius 3 is 2.80 bits per heavy atom. The molecule has 1 aliphatic carbocycles. The molecule has 0 spiro atoms. The first kappa shape index (κ1) is 13.8. The van der Waals surface area contributed by atoms with E-state index in [9.17, 15) is 4.39 Å². The summed E-state index contributed by atoms with van der Waals surface area (Å²) in [6.45, 7) is 4.03. The molecular formula is C16H18BrFN2. The van der Waals surface area contributed by atoms with Gasteiger partial charge >= 0.3 is 0 Å². The van der Waals surface area contributed by atoms with Crippen molar-refractivity contribution in [2.75, 3.05) is 0 Å². The number of fused-ring (bicyclic) bond motifs is 1. The lowest BCUT2D eigenvalue weighted by Crippen LogP contribution is -2.18. The summed E-state index contributed by atoms with van der Waals surface area (Å²) in [5.74, 6) is -0.221. The van der Waals surface area contributed by atoms with Crippen LogP contribution in [0.2, 0.25) is 0 Å². The van der Waals surface area contributed by atoms with Crippen molar-refractivity contribution in [3.05, 3.63) is 51.0 Å². The van der Waals surface area contributed by atoms with Gasteiger partial charge < -0.3 is 10.3 Å². The summed E-state index contributed by atoms with van der Waals surface area (Å²) in [5, 5.41) is 0. The van der Waals surface area contributed by atoms with Crippen LogP contribution in [0.5, 0.6) is 0 Å². The van der Waals surface area contributed by atoms with Crippen molar-refractivity contribution in [2.45, 2.75) is 39.2 Å². The highest BCUT2D eigenvalue weighted by atomic mass is 79.9. The van der Waals surface area contributed by atoms with Crippen molar-refractivity contribution in [3.63, 3.8) is 0 Å². The Morgan fingerprint density at radius 2 is 2.05 bits per heavy atom. The zero-order valence-electron chi connectivity index (χ0n) is 11.7. The highest BCUT2D eigenvalue weighted by molar-refractivity contribution is 9.10. The van der Waals surface area contributed by atoms with Gasteiger partial charge in [0.05, 0.1) is 4.47 Å². The molecule has 0 bridgehead atoms. The van der Waals surface area contributed by atoms with Crippen molar-refractivity contribution >= 4 is 15.9 Å². The minimum absolute atomic E-state index is 0.128. The lowest BCUT2D eigenvalue weighted by molar-refractivity contribution is 0.559. The van der Waals surface area contributed by atoms with Crippen LogP contribution in [-0.2, 0) is 6.42 Å². The molecule has 0 radical (unpaired) electrons. The Morgan fingerprint density at radius 1 is 1.30 bits per heavy atom. The molecule has 0 aliphatic heterocycles. The van der Waals surface area contributed by atoms with Crippen molar-refractivity contribution in [3.8, 4) is 5.69 Å². The standard InChI is InChI=1S/C16H18BrFN2/c1-9-6-13(18)12(17)8-16(9)20-10(2)7-11-14(19)4-3-5-15(11)20/h6-8,14H,3-5,19H2,1-2H3. The Hall–Kier alpha value is -1.13. The molecule has 20 heavy (non-hydrogen) atoms. The third-order valence-corrected chi connectivity index (χ3v) is 4.74. The molecular weight excluding hydrogens is 319 g/mol. The summed E-state index contributed by atoms with van der Waals surface area (Å²) in [5.41, 5.74) is 11.9. The number of nitrogens with two attached hydrogens (primary N) is 1. The van der Waals surface area contributed by atoms with Gasteiger partial charge in [0, 0.05) is 23.1 Å². The highest BCUT2D eigenvalue weighted by Gasteiger charge is 2.23. The van der Waals surface area contributed by atoms with E-state index >= 15 is 0 Å². The maximum atomic E-state index is 13.6. The fourth-order valence-corrected chi connectivity index (χ4v) is 3.48. The number of nitrogens with zero attached hydrogens (tertiary/aromatic N) is 1. The fourth-order valence-electron chi connectivity index (χ4n) is 3.15. The van der Waals surface area contributed by atoms with Gasteiger partial charge in [0.25, 0.3) is 0 Å². The van der Waals surface area contributed by atoms with E-state index in [1.807, 2.05) is 13.0 Å². The second kappa shape index (κ2) is 5.01. The van der Waals surface area contributed by atoms with Gasteiger partial charge in [-0.3, -0.25) is 0 Å². The molecule has 0 fully saturated rings. The number of hydrogen-bond acceptors (Lipinski definition) is 1. The smallest absolute Gasteiger partial charge is 0.137 e. The largest absolute Gasteiger partial charge is 0.324 e. The molecule has 0 saturated carbocycles. The molecule has 4 heteroatoms. The van der Waals surface area contributed by atoms with Crippen LogP contribution in [0.1, 0.15) is 41.4 Å². The predicted octanol–water partition coefficient (Wildman–Crippen LogP) is 4.33. The quantitative estimate of drug-likeness (QED) is 0.825. The highest BCUT2D eigenvalue weighted by Crippen LogP contribution is 2.34. The molecule has 1 aliphatic rings. The van der Waals surface area contributed by atoms with Crippen molar-refractivity contribution in [1.82, 2.24) is 4.57 Å². The molecule has 2 aromatic rings. The second-order valence-electron chi connectivity index (χ2n) is 5.57. The Bertz CT molecular complexity index is 676. The molecule has 1 aromatic heterocycles. The third kappa shape index (κ3) is 2.11. The van der Waals surface area contributed by atoms with Crippen LogP contribution < -0.4 is 5.73 Å².